The highest BCUT2D eigenvalue weighted by molar-refractivity contribution is 5.74. The maximum absolute atomic E-state index is 11.6. The van der Waals surface area contributed by atoms with Gasteiger partial charge >= 0.3 is 5.97 Å². The van der Waals surface area contributed by atoms with Gasteiger partial charge in [0.15, 0.2) is 6.10 Å². The van der Waals surface area contributed by atoms with Crippen LogP contribution in [0.4, 0.5) is 0 Å². The minimum absolute atomic E-state index is 0.108. The zero-order valence-corrected chi connectivity index (χ0v) is 16.3. The fourth-order valence-electron chi connectivity index (χ4n) is 2.84. The van der Waals surface area contributed by atoms with E-state index in [-0.39, 0.29) is 6.42 Å². The van der Waals surface area contributed by atoms with Crippen LogP contribution in [0.2, 0.25) is 0 Å². The van der Waals surface area contributed by atoms with Crippen molar-refractivity contribution in [2.75, 3.05) is 7.11 Å². The first kappa shape index (κ1) is 20.4. The van der Waals surface area contributed by atoms with Gasteiger partial charge in [-0.2, -0.15) is 0 Å². The summed E-state index contributed by atoms with van der Waals surface area (Å²) in [5.74, 6) is 0.533. The van der Waals surface area contributed by atoms with Crippen LogP contribution in [0, 0.1) is 0 Å². The average molecular weight is 392 g/mol. The van der Waals surface area contributed by atoms with Gasteiger partial charge in [0.1, 0.15) is 24.7 Å². The lowest BCUT2D eigenvalue weighted by Gasteiger charge is -2.14. The van der Waals surface area contributed by atoms with Crippen LogP contribution in [0.25, 0.3) is 0 Å². The molecule has 0 saturated carbocycles. The predicted octanol–water partition coefficient (Wildman–Crippen LogP) is 3.92. The van der Waals surface area contributed by atoms with Gasteiger partial charge < -0.3 is 19.3 Å². The van der Waals surface area contributed by atoms with E-state index in [1.807, 2.05) is 60.7 Å². The largest absolute Gasteiger partial charge is 0.489 e. The second kappa shape index (κ2) is 10.3. The average Bonchev–Trinajstić information content (AvgIpc) is 2.77. The Labute approximate surface area is 170 Å². The van der Waals surface area contributed by atoms with E-state index in [1.54, 1.807) is 18.2 Å². The summed E-state index contributed by atoms with van der Waals surface area (Å²) in [6.45, 7) is 0.809. The molecule has 5 heteroatoms. The highest BCUT2D eigenvalue weighted by Crippen LogP contribution is 2.26. The van der Waals surface area contributed by atoms with Crippen LogP contribution in [-0.2, 0) is 29.2 Å². The Morgan fingerprint density at radius 2 is 1.28 bits per heavy atom. The SMILES string of the molecule is COC(=O)C(O)Cc1cc(OCc2ccccc2)cc(OCc2ccccc2)c1. The van der Waals surface area contributed by atoms with Gasteiger partial charge in [-0.3, -0.25) is 0 Å². The zero-order valence-electron chi connectivity index (χ0n) is 16.3. The van der Waals surface area contributed by atoms with E-state index in [0.29, 0.717) is 24.7 Å². The number of carbonyl (C=O) groups excluding carboxylic acids is 1. The third-order valence-corrected chi connectivity index (χ3v) is 4.34. The summed E-state index contributed by atoms with van der Waals surface area (Å²) in [7, 11) is 1.25. The number of aliphatic hydroxyl groups excluding tert-OH is 1. The molecule has 3 aromatic carbocycles. The Balaban J connectivity index is 1.75. The minimum Gasteiger partial charge on any atom is -0.489 e. The van der Waals surface area contributed by atoms with Gasteiger partial charge in [-0.05, 0) is 28.8 Å². The first-order valence-corrected chi connectivity index (χ1v) is 9.37. The van der Waals surface area contributed by atoms with Crippen LogP contribution in [0.15, 0.2) is 78.9 Å². The summed E-state index contributed by atoms with van der Waals surface area (Å²) in [6, 6.07) is 25.1. The molecule has 3 aromatic rings. The standard InChI is InChI=1S/C24H24O5/c1-27-24(26)23(25)14-20-12-21(28-16-18-8-4-2-5-9-18)15-22(13-20)29-17-19-10-6-3-7-11-19/h2-13,15,23,25H,14,16-17H2,1H3. The van der Waals surface area contributed by atoms with Gasteiger partial charge in [-0.1, -0.05) is 60.7 Å². The lowest BCUT2D eigenvalue weighted by molar-refractivity contribution is -0.150. The van der Waals surface area contributed by atoms with E-state index in [0.717, 1.165) is 16.7 Å². The summed E-state index contributed by atoms with van der Waals surface area (Å²) in [5.41, 5.74) is 2.80. The molecule has 3 rings (SSSR count). The van der Waals surface area contributed by atoms with E-state index in [2.05, 4.69) is 4.74 Å². The van der Waals surface area contributed by atoms with Crippen molar-refractivity contribution in [3.63, 3.8) is 0 Å². The number of ether oxygens (including phenoxy) is 3. The zero-order chi connectivity index (χ0) is 20.5. The summed E-state index contributed by atoms with van der Waals surface area (Å²) in [5, 5.41) is 10.0. The van der Waals surface area contributed by atoms with E-state index in [1.165, 1.54) is 7.11 Å². The molecule has 0 fully saturated rings. The van der Waals surface area contributed by atoms with Crippen LogP contribution in [0.3, 0.4) is 0 Å². The van der Waals surface area contributed by atoms with Crippen molar-refractivity contribution >= 4 is 5.97 Å². The van der Waals surface area contributed by atoms with Crippen LogP contribution in [0.1, 0.15) is 16.7 Å². The summed E-state index contributed by atoms with van der Waals surface area (Å²) < 4.78 is 16.4. The number of esters is 1. The molecule has 29 heavy (non-hydrogen) atoms. The van der Waals surface area contributed by atoms with Crippen molar-refractivity contribution < 1.29 is 24.1 Å². The van der Waals surface area contributed by atoms with Crippen LogP contribution in [-0.4, -0.2) is 24.3 Å². The Hall–Kier alpha value is -3.31. The molecule has 0 amide bonds. The number of rotatable bonds is 9. The number of benzene rings is 3. The van der Waals surface area contributed by atoms with E-state index >= 15 is 0 Å². The van der Waals surface area contributed by atoms with Gasteiger partial charge in [0.05, 0.1) is 7.11 Å². The second-order valence-corrected chi connectivity index (χ2v) is 6.60. The maximum atomic E-state index is 11.6. The molecule has 0 heterocycles. The van der Waals surface area contributed by atoms with Crippen LogP contribution < -0.4 is 9.47 Å². The van der Waals surface area contributed by atoms with Crippen molar-refractivity contribution in [3.8, 4) is 11.5 Å². The molecule has 5 nitrogen and oxygen atoms in total. The topological polar surface area (TPSA) is 65.0 Å². The molecule has 0 bridgehead atoms. The first-order chi connectivity index (χ1) is 14.1. The Morgan fingerprint density at radius 1 is 0.793 bits per heavy atom. The van der Waals surface area contributed by atoms with Crippen molar-refractivity contribution in [2.45, 2.75) is 25.7 Å². The molecule has 1 atom stereocenters. The smallest absolute Gasteiger partial charge is 0.335 e. The molecule has 0 spiro atoms. The van der Waals surface area contributed by atoms with Crippen molar-refractivity contribution in [2.24, 2.45) is 0 Å². The van der Waals surface area contributed by atoms with Gasteiger partial charge in [0, 0.05) is 12.5 Å². The van der Waals surface area contributed by atoms with Crippen molar-refractivity contribution in [1.82, 2.24) is 0 Å². The molecular weight excluding hydrogens is 368 g/mol. The van der Waals surface area contributed by atoms with Crippen LogP contribution >= 0.6 is 0 Å². The molecule has 1 N–H and O–H groups in total. The van der Waals surface area contributed by atoms with E-state index in [9.17, 15) is 9.90 Å². The van der Waals surface area contributed by atoms with Crippen molar-refractivity contribution in [1.29, 1.82) is 0 Å². The van der Waals surface area contributed by atoms with E-state index in [4.69, 9.17) is 9.47 Å². The molecule has 0 aliphatic rings. The van der Waals surface area contributed by atoms with Gasteiger partial charge in [-0.25, -0.2) is 4.79 Å². The number of aliphatic hydroxyl groups is 1. The minimum atomic E-state index is -1.24. The number of carbonyl (C=O) groups is 1. The number of hydrogen-bond acceptors (Lipinski definition) is 5. The fourth-order valence-corrected chi connectivity index (χ4v) is 2.84. The van der Waals surface area contributed by atoms with Crippen molar-refractivity contribution in [3.05, 3.63) is 95.6 Å². The second-order valence-electron chi connectivity index (χ2n) is 6.60. The Bertz CT molecular complexity index is 847. The van der Waals surface area contributed by atoms with Crippen LogP contribution in [0.5, 0.6) is 11.5 Å². The molecule has 0 aliphatic heterocycles. The summed E-state index contributed by atoms with van der Waals surface area (Å²) >= 11 is 0. The fraction of sp³-hybridized carbons (Fsp3) is 0.208. The predicted molar refractivity (Wildman–Crippen MR) is 110 cm³/mol. The Morgan fingerprint density at radius 3 is 1.72 bits per heavy atom. The molecule has 0 radical (unpaired) electrons. The quantitative estimate of drug-likeness (QED) is 0.559. The lowest BCUT2D eigenvalue weighted by Crippen LogP contribution is -2.24. The number of hydrogen-bond donors (Lipinski definition) is 1. The van der Waals surface area contributed by atoms with Gasteiger partial charge in [0.25, 0.3) is 0 Å². The molecule has 0 saturated heterocycles. The lowest BCUT2D eigenvalue weighted by atomic mass is 10.1. The normalized spacial score (nSPS) is 11.5. The maximum Gasteiger partial charge on any atom is 0.335 e. The summed E-state index contributed by atoms with van der Waals surface area (Å²) in [6.07, 6.45) is -1.14. The third-order valence-electron chi connectivity index (χ3n) is 4.34. The van der Waals surface area contributed by atoms with Gasteiger partial charge in [-0.15, -0.1) is 0 Å². The summed E-state index contributed by atoms with van der Waals surface area (Å²) in [4.78, 5) is 11.6. The Kier molecular flexibility index (Phi) is 7.25. The first-order valence-electron chi connectivity index (χ1n) is 9.37. The molecule has 1 unspecified atom stereocenters. The van der Waals surface area contributed by atoms with E-state index < -0.39 is 12.1 Å². The molecular formula is C24H24O5. The molecule has 150 valence electrons. The monoisotopic (exact) mass is 392 g/mol. The molecule has 0 aliphatic carbocycles. The highest BCUT2D eigenvalue weighted by Gasteiger charge is 2.17. The third kappa shape index (κ3) is 6.36. The molecule has 0 aromatic heterocycles. The van der Waals surface area contributed by atoms with Gasteiger partial charge in [0.2, 0.25) is 0 Å². The number of methoxy groups -OCH3 is 1. The highest BCUT2D eigenvalue weighted by atomic mass is 16.5.